The molecular weight excluding hydrogens is 252 g/mol. The van der Waals surface area contributed by atoms with Crippen LogP contribution >= 0.6 is 11.6 Å². The van der Waals surface area contributed by atoms with Gasteiger partial charge >= 0.3 is 0 Å². The first kappa shape index (κ1) is 12.5. The maximum Gasteiger partial charge on any atom is 0.274 e. The molecule has 0 saturated carbocycles. The number of pyridine rings is 1. The van der Waals surface area contributed by atoms with Crippen molar-refractivity contribution in [1.29, 1.82) is 0 Å². The second-order valence-electron chi connectivity index (χ2n) is 3.89. The number of nitrogen functional groups attached to an aromatic ring is 1. The number of hydrogen-bond acceptors (Lipinski definition) is 3. The molecule has 4 nitrogen and oxygen atoms in total. The van der Waals surface area contributed by atoms with Gasteiger partial charge in [-0.1, -0.05) is 23.7 Å². The van der Waals surface area contributed by atoms with Gasteiger partial charge < -0.3 is 15.0 Å². The summed E-state index contributed by atoms with van der Waals surface area (Å²) in [7, 11) is 1.61. The second kappa shape index (κ2) is 5.14. The highest BCUT2D eigenvalue weighted by Gasteiger charge is 2.04. The lowest BCUT2D eigenvalue weighted by Crippen LogP contribution is -2.22. The van der Waals surface area contributed by atoms with E-state index in [2.05, 4.69) is 0 Å². The van der Waals surface area contributed by atoms with Crippen LogP contribution in [0.15, 0.2) is 41.3 Å². The summed E-state index contributed by atoms with van der Waals surface area (Å²) >= 11 is 5.88. The third-order valence-corrected chi connectivity index (χ3v) is 2.80. The third kappa shape index (κ3) is 2.65. The summed E-state index contributed by atoms with van der Waals surface area (Å²) in [4.78, 5) is 11.8. The Morgan fingerprint density at radius 1 is 1.33 bits per heavy atom. The van der Waals surface area contributed by atoms with Crippen LogP contribution in [0.1, 0.15) is 5.56 Å². The number of methoxy groups -OCH3 is 1. The van der Waals surface area contributed by atoms with Crippen molar-refractivity contribution in [3.05, 3.63) is 57.5 Å². The van der Waals surface area contributed by atoms with Crippen LogP contribution < -0.4 is 16.0 Å². The van der Waals surface area contributed by atoms with Crippen molar-refractivity contribution in [2.24, 2.45) is 0 Å². The Balaban J connectivity index is 2.31. The van der Waals surface area contributed by atoms with Gasteiger partial charge in [0.05, 0.1) is 24.4 Å². The highest BCUT2D eigenvalue weighted by atomic mass is 35.5. The summed E-state index contributed by atoms with van der Waals surface area (Å²) in [5.41, 5.74) is 6.46. The summed E-state index contributed by atoms with van der Waals surface area (Å²) in [5, 5.41) is 0.445. The van der Waals surface area contributed by atoms with Crippen molar-refractivity contribution in [1.82, 2.24) is 4.57 Å². The predicted molar refractivity (Wildman–Crippen MR) is 72.2 cm³/mol. The normalized spacial score (nSPS) is 10.3. The topological polar surface area (TPSA) is 57.2 Å². The molecule has 0 saturated heterocycles. The van der Waals surface area contributed by atoms with E-state index in [0.717, 1.165) is 11.3 Å². The van der Waals surface area contributed by atoms with Crippen molar-refractivity contribution in [3.8, 4) is 5.75 Å². The van der Waals surface area contributed by atoms with Crippen molar-refractivity contribution in [3.63, 3.8) is 0 Å². The van der Waals surface area contributed by atoms with Crippen molar-refractivity contribution >= 4 is 17.3 Å². The van der Waals surface area contributed by atoms with Gasteiger partial charge in [0.1, 0.15) is 5.75 Å². The molecule has 1 heterocycles. The van der Waals surface area contributed by atoms with E-state index in [1.54, 1.807) is 13.3 Å². The highest BCUT2D eigenvalue weighted by Crippen LogP contribution is 2.13. The molecule has 0 aliphatic rings. The van der Waals surface area contributed by atoms with Crippen molar-refractivity contribution in [2.75, 3.05) is 12.8 Å². The molecule has 0 fully saturated rings. The summed E-state index contributed by atoms with van der Waals surface area (Å²) in [6, 6.07) is 8.92. The summed E-state index contributed by atoms with van der Waals surface area (Å²) in [6.45, 7) is 0.424. The molecule has 0 amide bonds. The number of aromatic nitrogens is 1. The zero-order chi connectivity index (χ0) is 13.1. The summed E-state index contributed by atoms with van der Waals surface area (Å²) in [6.07, 6.45) is 1.57. The minimum absolute atomic E-state index is 0.149. The number of rotatable bonds is 3. The van der Waals surface area contributed by atoms with Gasteiger partial charge in [0.2, 0.25) is 0 Å². The third-order valence-electron chi connectivity index (χ3n) is 2.59. The fourth-order valence-electron chi connectivity index (χ4n) is 1.67. The molecular formula is C13H13ClN2O2. The molecule has 0 unspecified atom stereocenters. The number of ether oxygens (including phenoxy) is 1. The first-order valence-corrected chi connectivity index (χ1v) is 5.76. The molecule has 1 aromatic carbocycles. The Bertz CT molecular complexity index is 605. The fraction of sp³-hybridized carbons (Fsp3) is 0.154. The van der Waals surface area contributed by atoms with E-state index in [-0.39, 0.29) is 11.2 Å². The second-order valence-corrected chi connectivity index (χ2v) is 4.33. The van der Waals surface area contributed by atoms with Crippen LogP contribution in [0.4, 0.5) is 5.69 Å². The van der Waals surface area contributed by atoms with Crippen molar-refractivity contribution in [2.45, 2.75) is 6.54 Å². The molecule has 94 valence electrons. The molecule has 2 aromatic rings. The maximum atomic E-state index is 11.8. The number of hydrogen-bond donors (Lipinski definition) is 1. The molecule has 0 aliphatic heterocycles. The number of anilines is 1. The molecule has 0 atom stereocenters. The van der Waals surface area contributed by atoms with Gasteiger partial charge in [-0.2, -0.15) is 0 Å². The minimum Gasteiger partial charge on any atom is -0.497 e. The van der Waals surface area contributed by atoms with Crippen molar-refractivity contribution < 1.29 is 4.74 Å². The molecule has 2 N–H and O–H groups in total. The lowest BCUT2D eigenvalue weighted by molar-refractivity contribution is 0.414. The smallest absolute Gasteiger partial charge is 0.274 e. The minimum atomic E-state index is -0.241. The molecule has 2 rings (SSSR count). The Kier molecular flexibility index (Phi) is 3.58. The summed E-state index contributed by atoms with van der Waals surface area (Å²) in [5.74, 6) is 0.775. The van der Waals surface area contributed by atoms with Crippen LogP contribution in [-0.4, -0.2) is 11.7 Å². The number of nitrogens with zero attached hydrogens (tertiary/aromatic N) is 1. The van der Waals surface area contributed by atoms with E-state index in [4.69, 9.17) is 22.1 Å². The molecule has 0 spiro atoms. The van der Waals surface area contributed by atoms with Gasteiger partial charge in [-0.15, -0.1) is 0 Å². The SMILES string of the molecule is COc1ccc(Cn2cc(Cl)cc(N)c2=O)cc1. The quantitative estimate of drug-likeness (QED) is 0.924. The van der Waals surface area contributed by atoms with Gasteiger partial charge in [0.15, 0.2) is 0 Å². The van der Waals surface area contributed by atoms with Crippen LogP contribution in [0, 0.1) is 0 Å². The molecule has 0 bridgehead atoms. The maximum absolute atomic E-state index is 11.8. The molecule has 0 radical (unpaired) electrons. The van der Waals surface area contributed by atoms with E-state index in [0.29, 0.717) is 11.6 Å². The van der Waals surface area contributed by atoms with Crippen LogP contribution in [-0.2, 0) is 6.54 Å². The number of benzene rings is 1. The first-order valence-electron chi connectivity index (χ1n) is 5.38. The van der Waals surface area contributed by atoms with Gasteiger partial charge in [-0.25, -0.2) is 0 Å². The first-order chi connectivity index (χ1) is 8.60. The Hall–Kier alpha value is -1.94. The number of nitrogens with two attached hydrogens (primary N) is 1. The van der Waals surface area contributed by atoms with E-state index < -0.39 is 0 Å². The van der Waals surface area contributed by atoms with E-state index in [1.165, 1.54) is 10.6 Å². The van der Waals surface area contributed by atoms with Crippen LogP contribution in [0.3, 0.4) is 0 Å². The zero-order valence-corrected chi connectivity index (χ0v) is 10.6. The molecule has 5 heteroatoms. The zero-order valence-electron chi connectivity index (χ0n) is 9.89. The Labute approximate surface area is 110 Å². The van der Waals surface area contributed by atoms with Gasteiger partial charge in [0.25, 0.3) is 5.56 Å². The lowest BCUT2D eigenvalue weighted by atomic mass is 10.2. The van der Waals surface area contributed by atoms with E-state index in [9.17, 15) is 4.79 Å². The standard InChI is InChI=1S/C13H13ClN2O2/c1-18-11-4-2-9(3-5-11)7-16-8-10(14)6-12(15)13(16)17/h2-6,8H,7,15H2,1H3. The van der Waals surface area contributed by atoms with Gasteiger partial charge in [0, 0.05) is 6.20 Å². The van der Waals surface area contributed by atoms with Crippen LogP contribution in [0.5, 0.6) is 5.75 Å². The van der Waals surface area contributed by atoms with Crippen LogP contribution in [0.2, 0.25) is 5.02 Å². The van der Waals surface area contributed by atoms with E-state index >= 15 is 0 Å². The van der Waals surface area contributed by atoms with Gasteiger partial charge in [-0.3, -0.25) is 4.79 Å². The van der Waals surface area contributed by atoms with Gasteiger partial charge in [-0.05, 0) is 23.8 Å². The average molecular weight is 265 g/mol. The van der Waals surface area contributed by atoms with Crippen LogP contribution in [0.25, 0.3) is 0 Å². The molecule has 0 aliphatic carbocycles. The largest absolute Gasteiger partial charge is 0.497 e. The highest BCUT2D eigenvalue weighted by molar-refractivity contribution is 6.30. The average Bonchev–Trinajstić information content (AvgIpc) is 2.36. The lowest BCUT2D eigenvalue weighted by Gasteiger charge is -2.08. The molecule has 18 heavy (non-hydrogen) atoms. The number of halogens is 1. The summed E-state index contributed by atoms with van der Waals surface area (Å²) < 4.78 is 6.56. The monoisotopic (exact) mass is 264 g/mol. The van der Waals surface area contributed by atoms with E-state index in [1.807, 2.05) is 24.3 Å². The Morgan fingerprint density at radius 3 is 2.61 bits per heavy atom. The Morgan fingerprint density at radius 2 is 2.00 bits per heavy atom. The predicted octanol–water partition coefficient (Wildman–Crippen LogP) is 2.14. The molecule has 1 aromatic heterocycles. The fourth-order valence-corrected chi connectivity index (χ4v) is 1.90.